The first kappa shape index (κ1) is 15.5. The van der Waals surface area contributed by atoms with Crippen LogP contribution in [0.1, 0.15) is 36.0 Å². The van der Waals surface area contributed by atoms with Crippen LogP contribution < -0.4 is 5.32 Å². The zero-order valence-electron chi connectivity index (χ0n) is 12.8. The lowest BCUT2D eigenvalue weighted by Gasteiger charge is -2.26. The molecule has 1 saturated carbocycles. The highest BCUT2D eigenvalue weighted by Crippen LogP contribution is 2.39. The van der Waals surface area contributed by atoms with Gasteiger partial charge in [0, 0.05) is 24.3 Å². The summed E-state index contributed by atoms with van der Waals surface area (Å²) < 4.78 is 0. The first-order valence-corrected chi connectivity index (χ1v) is 7.99. The van der Waals surface area contributed by atoms with Gasteiger partial charge in [0.2, 0.25) is 5.91 Å². The molecule has 1 aliphatic heterocycles. The number of carbonyl (C=O) groups is 3. The summed E-state index contributed by atoms with van der Waals surface area (Å²) in [6, 6.07) is 6.84. The second kappa shape index (κ2) is 6.40. The van der Waals surface area contributed by atoms with E-state index >= 15 is 0 Å². The minimum atomic E-state index is -0.931. The molecule has 0 spiro atoms. The minimum Gasteiger partial charge on any atom is -0.481 e. The van der Waals surface area contributed by atoms with E-state index in [1.165, 1.54) is 0 Å². The molecule has 1 heterocycles. The van der Waals surface area contributed by atoms with Crippen molar-refractivity contribution in [3.63, 3.8) is 0 Å². The Labute approximate surface area is 134 Å². The Hall–Kier alpha value is -2.37. The molecular formula is C17H20N2O4. The number of piperidine rings is 1. The van der Waals surface area contributed by atoms with Crippen LogP contribution >= 0.6 is 0 Å². The van der Waals surface area contributed by atoms with E-state index in [0.717, 1.165) is 32.4 Å². The standard InChI is InChI=1S/C17H20N2O4/c20-15(13-10-14(13)17(22)23)18-12-6-4-5-11(9-12)16(21)19-7-2-1-3-8-19/h4-6,9,13-14H,1-3,7-8,10H2,(H,18,20)(H,22,23). The number of carboxylic acid groups (broad SMARTS) is 1. The number of amides is 2. The fraction of sp³-hybridized carbons (Fsp3) is 0.471. The third kappa shape index (κ3) is 3.52. The first-order chi connectivity index (χ1) is 11.1. The lowest BCUT2D eigenvalue weighted by molar-refractivity contribution is -0.139. The maximum atomic E-state index is 12.5. The van der Waals surface area contributed by atoms with Crippen molar-refractivity contribution in [2.75, 3.05) is 18.4 Å². The van der Waals surface area contributed by atoms with Crippen molar-refractivity contribution >= 4 is 23.5 Å². The predicted octanol–water partition coefficient (Wildman–Crippen LogP) is 1.97. The number of hydrogen-bond acceptors (Lipinski definition) is 3. The fourth-order valence-electron chi connectivity index (χ4n) is 3.00. The quantitative estimate of drug-likeness (QED) is 0.889. The summed E-state index contributed by atoms with van der Waals surface area (Å²) in [6.07, 6.45) is 3.60. The monoisotopic (exact) mass is 316 g/mol. The Kier molecular flexibility index (Phi) is 4.32. The summed E-state index contributed by atoms with van der Waals surface area (Å²) in [4.78, 5) is 37.1. The second-order valence-corrected chi connectivity index (χ2v) is 6.21. The van der Waals surface area contributed by atoms with Crippen LogP contribution in [0.5, 0.6) is 0 Å². The third-order valence-electron chi connectivity index (χ3n) is 4.46. The Morgan fingerprint density at radius 1 is 1.09 bits per heavy atom. The van der Waals surface area contributed by atoms with E-state index in [1.807, 2.05) is 4.90 Å². The molecular weight excluding hydrogens is 296 g/mol. The molecule has 2 N–H and O–H groups in total. The van der Waals surface area contributed by atoms with E-state index in [2.05, 4.69) is 5.32 Å². The van der Waals surface area contributed by atoms with Gasteiger partial charge in [0.05, 0.1) is 11.8 Å². The highest BCUT2D eigenvalue weighted by molar-refractivity contribution is 6.00. The number of aliphatic carboxylic acids is 1. The van der Waals surface area contributed by atoms with Crippen LogP contribution in [0.2, 0.25) is 0 Å². The van der Waals surface area contributed by atoms with Crippen LogP contribution in [0, 0.1) is 11.8 Å². The van der Waals surface area contributed by atoms with Crippen molar-refractivity contribution in [1.82, 2.24) is 4.90 Å². The summed E-state index contributed by atoms with van der Waals surface area (Å²) in [6.45, 7) is 1.55. The molecule has 1 saturated heterocycles. The van der Waals surface area contributed by atoms with Gasteiger partial charge in [0.15, 0.2) is 0 Å². The smallest absolute Gasteiger partial charge is 0.307 e. The van der Waals surface area contributed by atoms with Gasteiger partial charge in [-0.15, -0.1) is 0 Å². The molecule has 2 fully saturated rings. The zero-order valence-corrected chi connectivity index (χ0v) is 12.8. The molecule has 1 aromatic carbocycles. The summed E-state index contributed by atoms with van der Waals surface area (Å²) >= 11 is 0. The van der Waals surface area contributed by atoms with Gasteiger partial charge in [-0.25, -0.2) is 0 Å². The Balaban J connectivity index is 1.64. The van der Waals surface area contributed by atoms with Crippen molar-refractivity contribution < 1.29 is 19.5 Å². The van der Waals surface area contributed by atoms with Crippen LogP contribution in [0.3, 0.4) is 0 Å². The van der Waals surface area contributed by atoms with Gasteiger partial charge in [-0.2, -0.15) is 0 Å². The van der Waals surface area contributed by atoms with E-state index in [-0.39, 0.29) is 11.8 Å². The number of anilines is 1. The molecule has 2 aliphatic rings. The molecule has 0 aromatic heterocycles. The Bertz CT molecular complexity index is 637. The first-order valence-electron chi connectivity index (χ1n) is 7.99. The van der Waals surface area contributed by atoms with E-state index in [0.29, 0.717) is 17.7 Å². The Morgan fingerprint density at radius 3 is 2.48 bits per heavy atom. The number of nitrogens with one attached hydrogen (secondary N) is 1. The van der Waals surface area contributed by atoms with Crippen LogP contribution in [-0.4, -0.2) is 40.9 Å². The molecule has 6 nitrogen and oxygen atoms in total. The molecule has 1 aromatic rings. The topological polar surface area (TPSA) is 86.7 Å². The van der Waals surface area contributed by atoms with Gasteiger partial charge < -0.3 is 15.3 Å². The molecule has 6 heteroatoms. The van der Waals surface area contributed by atoms with Gasteiger partial charge in [-0.1, -0.05) is 6.07 Å². The molecule has 2 amide bonds. The van der Waals surface area contributed by atoms with E-state index in [4.69, 9.17) is 5.11 Å². The third-order valence-corrected chi connectivity index (χ3v) is 4.46. The van der Waals surface area contributed by atoms with Crippen LogP contribution in [0.15, 0.2) is 24.3 Å². The van der Waals surface area contributed by atoms with Crippen LogP contribution in [0.25, 0.3) is 0 Å². The number of likely N-dealkylation sites (tertiary alicyclic amines) is 1. The van der Waals surface area contributed by atoms with Gasteiger partial charge in [-0.3, -0.25) is 14.4 Å². The van der Waals surface area contributed by atoms with Gasteiger partial charge >= 0.3 is 5.97 Å². The highest BCUT2D eigenvalue weighted by atomic mass is 16.4. The lowest BCUT2D eigenvalue weighted by Crippen LogP contribution is -2.35. The normalized spacial score (nSPS) is 23.2. The largest absolute Gasteiger partial charge is 0.481 e. The number of carbonyl (C=O) groups excluding carboxylic acids is 2. The zero-order chi connectivity index (χ0) is 16.4. The van der Waals surface area contributed by atoms with Crippen molar-refractivity contribution in [2.24, 2.45) is 11.8 Å². The van der Waals surface area contributed by atoms with Gasteiger partial charge in [-0.05, 0) is 43.9 Å². The average Bonchev–Trinajstić information content (AvgIpc) is 3.36. The molecule has 0 bridgehead atoms. The molecule has 3 rings (SSSR count). The summed E-state index contributed by atoms with van der Waals surface area (Å²) in [5, 5.41) is 11.6. The molecule has 1 aliphatic carbocycles. The van der Waals surface area contributed by atoms with Crippen molar-refractivity contribution in [3.8, 4) is 0 Å². The molecule has 2 atom stereocenters. The van der Waals surface area contributed by atoms with Crippen molar-refractivity contribution in [2.45, 2.75) is 25.7 Å². The minimum absolute atomic E-state index is 0.0179. The lowest BCUT2D eigenvalue weighted by atomic mass is 10.1. The Morgan fingerprint density at radius 2 is 1.83 bits per heavy atom. The number of nitrogens with zero attached hydrogens (tertiary/aromatic N) is 1. The highest BCUT2D eigenvalue weighted by Gasteiger charge is 2.48. The SMILES string of the molecule is O=C(O)C1CC1C(=O)Nc1cccc(C(=O)N2CCCCC2)c1. The molecule has 23 heavy (non-hydrogen) atoms. The molecule has 0 radical (unpaired) electrons. The summed E-state index contributed by atoms with van der Waals surface area (Å²) in [7, 11) is 0. The number of benzene rings is 1. The van der Waals surface area contributed by atoms with E-state index in [1.54, 1.807) is 24.3 Å². The number of hydrogen-bond donors (Lipinski definition) is 2. The van der Waals surface area contributed by atoms with E-state index in [9.17, 15) is 14.4 Å². The molecule has 2 unspecified atom stereocenters. The predicted molar refractivity (Wildman–Crippen MR) is 84.1 cm³/mol. The number of rotatable bonds is 4. The second-order valence-electron chi connectivity index (χ2n) is 6.21. The van der Waals surface area contributed by atoms with Crippen molar-refractivity contribution in [3.05, 3.63) is 29.8 Å². The van der Waals surface area contributed by atoms with Crippen LogP contribution in [-0.2, 0) is 9.59 Å². The van der Waals surface area contributed by atoms with Crippen molar-refractivity contribution in [1.29, 1.82) is 0 Å². The maximum absolute atomic E-state index is 12.5. The summed E-state index contributed by atoms with van der Waals surface area (Å²) in [5.74, 6) is -2.28. The van der Waals surface area contributed by atoms with Gasteiger partial charge in [0.1, 0.15) is 0 Å². The number of carboxylic acids is 1. The summed E-state index contributed by atoms with van der Waals surface area (Å²) in [5.41, 5.74) is 1.09. The molecule has 122 valence electrons. The fourth-order valence-corrected chi connectivity index (χ4v) is 3.00. The van der Waals surface area contributed by atoms with Gasteiger partial charge in [0.25, 0.3) is 5.91 Å². The van der Waals surface area contributed by atoms with E-state index < -0.39 is 17.8 Å². The van der Waals surface area contributed by atoms with Crippen LogP contribution in [0.4, 0.5) is 5.69 Å². The maximum Gasteiger partial charge on any atom is 0.307 e. The average molecular weight is 316 g/mol.